The van der Waals surface area contributed by atoms with Crippen molar-refractivity contribution in [3.63, 3.8) is 0 Å². The normalized spacial score (nSPS) is 16.6. The maximum absolute atomic E-state index is 12.0. The minimum absolute atomic E-state index is 0.00443. The number of hydrogen-bond acceptors (Lipinski definition) is 7. The average Bonchev–Trinajstić information content (AvgIpc) is 3.58. The van der Waals surface area contributed by atoms with Crippen LogP contribution >= 0.6 is 12.2 Å². The van der Waals surface area contributed by atoms with Crippen molar-refractivity contribution in [3.8, 4) is 17.1 Å². The van der Waals surface area contributed by atoms with Crippen molar-refractivity contribution in [2.45, 2.75) is 25.4 Å². The molecule has 0 bridgehead atoms. The van der Waals surface area contributed by atoms with Crippen LogP contribution in [0.5, 0.6) is 5.75 Å². The molecule has 0 unspecified atom stereocenters. The average molecular weight is 544 g/mol. The molecule has 4 aromatic rings. The molecule has 2 N–H and O–H groups in total. The van der Waals surface area contributed by atoms with Crippen LogP contribution in [0.15, 0.2) is 83.4 Å². The van der Waals surface area contributed by atoms with E-state index in [1.54, 1.807) is 38.4 Å². The van der Waals surface area contributed by atoms with Crippen LogP contribution in [0.2, 0.25) is 0 Å². The van der Waals surface area contributed by atoms with Gasteiger partial charge in [-0.15, -0.1) is 0 Å². The molecule has 5 rings (SSSR count). The Kier molecular flexibility index (Phi) is 7.24. The third-order valence-electron chi connectivity index (χ3n) is 6.44. The molecule has 0 spiro atoms. The van der Waals surface area contributed by atoms with Crippen LogP contribution in [0.3, 0.4) is 0 Å². The van der Waals surface area contributed by atoms with Crippen molar-refractivity contribution in [1.82, 2.24) is 10.3 Å². The van der Waals surface area contributed by atoms with E-state index < -0.39 is 11.0 Å². The lowest BCUT2D eigenvalue weighted by molar-refractivity contribution is -0.384. The van der Waals surface area contributed by atoms with Gasteiger partial charge in [-0.1, -0.05) is 13.0 Å². The Morgan fingerprint density at radius 3 is 2.64 bits per heavy atom. The van der Waals surface area contributed by atoms with E-state index in [9.17, 15) is 14.9 Å². The first-order valence-electron chi connectivity index (χ1n) is 12.2. The largest absolute Gasteiger partial charge is 0.494 e. The number of ether oxygens (including phenoxy) is 1. The van der Waals surface area contributed by atoms with Gasteiger partial charge in [0.25, 0.3) is 5.69 Å². The van der Waals surface area contributed by atoms with Crippen molar-refractivity contribution >= 4 is 40.3 Å². The van der Waals surface area contributed by atoms with Gasteiger partial charge < -0.3 is 24.7 Å². The van der Waals surface area contributed by atoms with E-state index in [0.717, 1.165) is 11.4 Å². The zero-order valence-electron chi connectivity index (χ0n) is 21.2. The number of nitro benzene ring substituents is 1. The molecular formula is C28H25N5O5S. The Labute approximate surface area is 229 Å². The third-order valence-corrected chi connectivity index (χ3v) is 6.75. The Bertz CT molecular complexity index is 1520. The standard InChI is InChI=1S/C28H25N5O5S/c1-3-25(34)30-20-12-11-19(16-24(20)37-2)32-27(26(31-28(32)39)21-6-4-5-15-29-21)23-14-13-22(38-23)17-7-9-18(10-8-17)33(35)36/h4-16,26-27H,3H2,1-2H3,(H,30,34)(H,31,39)/t26-,27+/m0/s1. The zero-order chi connectivity index (χ0) is 27.5. The van der Waals surface area contributed by atoms with Crippen LogP contribution < -0.4 is 20.3 Å². The second-order valence-corrected chi connectivity index (χ2v) is 9.18. The van der Waals surface area contributed by atoms with Crippen molar-refractivity contribution < 1.29 is 18.9 Å². The second kappa shape index (κ2) is 10.9. The summed E-state index contributed by atoms with van der Waals surface area (Å²) in [6, 6.07) is 20.3. The van der Waals surface area contributed by atoms with Crippen molar-refractivity contribution in [3.05, 3.63) is 101 Å². The number of non-ortho nitro benzene ring substituents is 1. The number of benzene rings is 2. The molecule has 1 amide bonds. The van der Waals surface area contributed by atoms with Gasteiger partial charge in [0.2, 0.25) is 5.91 Å². The lowest BCUT2D eigenvalue weighted by Gasteiger charge is -2.27. The number of carbonyl (C=O) groups is 1. The Morgan fingerprint density at radius 2 is 1.97 bits per heavy atom. The van der Waals surface area contributed by atoms with E-state index in [1.807, 2.05) is 47.4 Å². The van der Waals surface area contributed by atoms with Gasteiger partial charge in [-0.3, -0.25) is 19.9 Å². The Morgan fingerprint density at radius 1 is 1.18 bits per heavy atom. The molecule has 10 nitrogen and oxygen atoms in total. The molecule has 1 fully saturated rings. The first kappa shape index (κ1) is 25.9. The molecule has 2 aromatic heterocycles. The number of rotatable bonds is 8. The molecule has 2 aromatic carbocycles. The van der Waals surface area contributed by atoms with Crippen molar-refractivity contribution in [1.29, 1.82) is 0 Å². The van der Waals surface area contributed by atoms with Crippen molar-refractivity contribution in [2.24, 2.45) is 0 Å². The van der Waals surface area contributed by atoms with Gasteiger partial charge in [-0.2, -0.15) is 0 Å². The highest BCUT2D eigenvalue weighted by Crippen LogP contribution is 2.44. The summed E-state index contributed by atoms with van der Waals surface area (Å²) in [5.41, 5.74) is 2.78. The molecular weight excluding hydrogens is 518 g/mol. The quantitative estimate of drug-likeness (QED) is 0.162. The highest BCUT2D eigenvalue weighted by molar-refractivity contribution is 7.80. The predicted molar refractivity (Wildman–Crippen MR) is 151 cm³/mol. The van der Waals surface area contributed by atoms with Crippen LogP contribution in [0.25, 0.3) is 11.3 Å². The highest BCUT2D eigenvalue weighted by Gasteiger charge is 2.42. The van der Waals surface area contributed by atoms with Crippen LogP contribution in [0.4, 0.5) is 17.1 Å². The van der Waals surface area contributed by atoms with E-state index in [2.05, 4.69) is 15.6 Å². The molecule has 1 aliphatic rings. The highest BCUT2D eigenvalue weighted by atomic mass is 32.1. The number of amides is 1. The molecule has 11 heteroatoms. The number of aromatic nitrogens is 1. The van der Waals surface area contributed by atoms with Gasteiger partial charge in [-0.25, -0.2) is 0 Å². The zero-order valence-corrected chi connectivity index (χ0v) is 22.0. The summed E-state index contributed by atoms with van der Waals surface area (Å²) in [5, 5.41) is 17.8. The summed E-state index contributed by atoms with van der Waals surface area (Å²) in [6.07, 6.45) is 2.06. The minimum atomic E-state index is -0.439. The van der Waals surface area contributed by atoms with Crippen LogP contribution in [0, 0.1) is 10.1 Å². The molecule has 0 aliphatic carbocycles. The summed E-state index contributed by atoms with van der Waals surface area (Å²) in [5.74, 6) is 1.55. The third kappa shape index (κ3) is 5.16. The number of furan rings is 1. The number of nitrogens with zero attached hydrogens (tertiary/aromatic N) is 3. The van der Waals surface area contributed by atoms with Crippen molar-refractivity contribution in [2.75, 3.05) is 17.3 Å². The number of anilines is 2. The summed E-state index contributed by atoms with van der Waals surface area (Å²) in [6.45, 7) is 1.78. The minimum Gasteiger partial charge on any atom is -0.494 e. The lowest BCUT2D eigenvalue weighted by Crippen LogP contribution is -2.29. The van der Waals surface area contributed by atoms with E-state index in [0.29, 0.717) is 40.1 Å². The molecule has 198 valence electrons. The molecule has 0 radical (unpaired) electrons. The fourth-order valence-corrected chi connectivity index (χ4v) is 4.85. The first-order valence-corrected chi connectivity index (χ1v) is 12.6. The van der Waals surface area contributed by atoms with Gasteiger partial charge >= 0.3 is 0 Å². The van der Waals surface area contributed by atoms with Gasteiger partial charge in [-0.05, 0) is 60.7 Å². The molecule has 1 aliphatic heterocycles. The maximum Gasteiger partial charge on any atom is 0.269 e. The molecule has 0 saturated carbocycles. The number of nitro groups is 1. The van der Waals surface area contributed by atoms with Crippen LogP contribution in [0.1, 0.15) is 36.9 Å². The topological polar surface area (TPSA) is 123 Å². The summed E-state index contributed by atoms with van der Waals surface area (Å²) in [4.78, 5) is 29.1. The lowest BCUT2D eigenvalue weighted by atomic mass is 10.0. The SMILES string of the molecule is CCC(=O)Nc1ccc(N2C(=S)N[C@@H](c3ccccn3)[C@H]2c2ccc(-c3ccc([N+](=O)[O-])cc3)o2)cc1OC. The monoisotopic (exact) mass is 543 g/mol. The smallest absolute Gasteiger partial charge is 0.269 e. The summed E-state index contributed by atoms with van der Waals surface area (Å²) < 4.78 is 11.9. The second-order valence-electron chi connectivity index (χ2n) is 8.79. The van der Waals surface area contributed by atoms with Gasteiger partial charge in [0.15, 0.2) is 5.11 Å². The summed E-state index contributed by atoms with van der Waals surface area (Å²) in [7, 11) is 1.54. The van der Waals surface area contributed by atoms with E-state index >= 15 is 0 Å². The van der Waals surface area contributed by atoms with Gasteiger partial charge in [0.05, 0.1) is 29.5 Å². The molecule has 3 heterocycles. The number of carbonyl (C=O) groups excluding carboxylic acids is 1. The fraction of sp³-hybridized carbons (Fsp3) is 0.179. The number of hydrogen-bond donors (Lipinski definition) is 2. The molecule has 1 saturated heterocycles. The number of pyridine rings is 1. The van der Waals surface area contributed by atoms with E-state index in [1.165, 1.54) is 12.1 Å². The number of thiocarbonyl (C=S) groups is 1. The fourth-order valence-electron chi connectivity index (χ4n) is 4.51. The van der Waals surface area contributed by atoms with Gasteiger partial charge in [0.1, 0.15) is 23.3 Å². The predicted octanol–water partition coefficient (Wildman–Crippen LogP) is 5.78. The summed E-state index contributed by atoms with van der Waals surface area (Å²) >= 11 is 5.79. The first-order chi connectivity index (χ1) is 18.9. The van der Waals surface area contributed by atoms with Crippen LogP contribution in [-0.4, -0.2) is 28.0 Å². The Hall–Kier alpha value is -4.77. The number of nitrogens with one attached hydrogen (secondary N) is 2. The molecule has 39 heavy (non-hydrogen) atoms. The maximum atomic E-state index is 12.0. The van der Waals surface area contributed by atoms with Gasteiger partial charge in [0, 0.05) is 42.1 Å². The van der Waals surface area contributed by atoms with E-state index in [-0.39, 0.29) is 17.6 Å². The van der Waals surface area contributed by atoms with Crippen LogP contribution in [-0.2, 0) is 4.79 Å². The Balaban J connectivity index is 1.55. The molecule has 2 atom stereocenters. The van der Waals surface area contributed by atoms with E-state index in [4.69, 9.17) is 21.4 Å². The number of methoxy groups -OCH3 is 1.